The summed E-state index contributed by atoms with van der Waals surface area (Å²) >= 11 is 0. The van der Waals surface area contributed by atoms with Crippen LogP contribution in [-0.4, -0.2) is 48.6 Å². The zero-order valence-electron chi connectivity index (χ0n) is 9.78. The van der Waals surface area contributed by atoms with Crippen molar-refractivity contribution in [2.24, 2.45) is 0 Å². The quantitative estimate of drug-likeness (QED) is 0.668. The molecule has 2 aliphatic rings. The number of likely N-dealkylation sites (N-methyl/N-ethyl adjacent to an activating group) is 1. The van der Waals surface area contributed by atoms with E-state index < -0.39 is 0 Å². The summed E-state index contributed by atoms with van der Waals surface area (Å²) in [5, 5.41) is 3.27. The minimum Gasteiger partial charge on any atom is -0.380 e. The molecule has 0 saturated carbocycles. The first-order valence-corrected chi connectivity index (χ1v) is 5.68. The van der Waals surface area contributed by atoms with Gasteiger partial charge in [0.1, 0.15) is 0 Å². The molecule has 0 bridgehead atoms. The van der Waals surface area contributed by atoms with Gasteiger partial charge in [0, 0.05) is 19.2 Å². The lowest BCUT2D eigenvalue weighted by atomic mass is 9.93. The largest absolute Gasteiger partial charge is 0.380 e. The van der Waals surface area contributed by atoms with Crippen LogP contribution in [-0.2, 0) is 14.3 Å². The summed E-state index contributed by atoms with van der Waals surface area (Å²) in [6.45, 7) is 3.44. The van der Waals surface area contributed by atoms with Crippen molar-refractivity contribution in [1.29, 1.82) is 0 Å². The van der Waals surface area contributed by atoms with E-state index in [1.807, 2.05) is 6.92 Å². The lowest BCUT2D eigenvalue weighted by molar-refractivity contribution is -0.137. The molecule has 2 aliphatic heterocycles. The van der Waals surface area contributed by atoms with Gasteiger partial charge < -0.3 is 4.74 Å². The molecule has 0 spiro atoms. The molecule has 2 heterocycles. The van der Waals surface area contributed by atoms with E-state index in [-0.39, 0.29) is 29.8 Å². The molecule has 2 fully saturated rings. The molecule has 0 aliphatic carbocycles. The lowest BCUT2D eigenvalue weighted by Gasteiger charge is -2.36. The number of rotatable bonds is 2. The maximum Gasteiger partial charge on any atom is 0.246 e. The van der Waals surface area contributed by atoms with Gasteiger partial charge in [0.25, 0.3) is 0 Å². The molecule has 0 aromatic heterocycles. The van der Waals surface area contributed by atoms with Crippen LogP contribution in [0.5, 0.6) is 0 Å². The summed E-state index contributed by atoms with van der Waals surface area (Å²) in [5.74, 6) is -0.236. The Morgan fingerprint density at radius 1 is 1.50 bits per heavy atom. The first-order chi connectivity index (χ1) is 7.52. The zero-order chi connectivity index (χ0) is 11.8. The van der Waals surface area contributed by atoms with Crippen LogP contribution in [0.3, 0.4) is 0 Å². The van der Waals surface area contributed by atoms with E-state index in [0.29, 0.717) is 6.61 Å². The normalized spacial score (nSPS) is 35.9. The van der Waals surface area contributed by atoms with E-state index in [1.165, 1.54) is 11.9 Å². The van der Waals surface area contributed by atoms with E-state index in [1.54, 1.807) is 0 Å². The van der Waals surface area contributed by atoms with Crippen LogP contribution >= 0.6 is 0 Å². The van der Waals surface area contributed by atoms with Crippen molar-refractivity contribution in [2.45, 2.75) is 37.8 Å². The highest BCUT2D eigenvalue weighted by molar-refractivity contribution is 6.05. The number of imide groups is 1. The third-order valence-electron chi connectivity index (χ3n) is 3.34. The summed E-state index contributed by atoms with van der Waals surface area (Å²) in [4.78, 5) is 24.3. The van der Waals surface area contributed by atoms with Crippen LogP contribution in [0.15, 0.2) is 0 Å². The molecular formula is C11H18N2O3. The second-order valence-corrected chi connectivity index (χ2v) is 4.91. The molecular weight excluding hydrogens is 208 g/mol. The van der Waals surface area contributed by atoms with Crippen molar-refractivity contribution in [3.8, 4) is 0 Å². The summed E-state index contributed by atoms with van der Waals surface area (Å²) < 4.78 is 5.41. The predicted octanol–water partition coefficient (Wildman–Crippen LogP) is -0.0976. The van der Waals surface area contributed by atoms with E-state index in [2.05, 4.69) is 5.32 Å². The molecule has 5 heteroatoms. The number of carbonyl (C=O) groups is 2. The van der Waals surface area contributed by atoms with Gasteiger partial charge in [-0.2, -0.15) is 0 Å². The first-order valence-electron chi connectivity index (χ1n) is 5.68. The van der Waals surface area contributed by atoms with Gasteiger partial charge >= 0.3 is 0 Å². The van der Waals surface area contributed by atoms with Gasteiger partial charge in [-0.1, -0.05) is 0 Å². The Morgan fingerprint density at radius 2 is 2.25 bits per heavy atom. The van der Waals surface area contributed by atoms with Crippen molar-refractivity contribution in [1.82, 2.24) is 10.2 Å². The molecule has 1 N–H and O–H groups in total. The molecule has 90 valence electrons. The SMILES string of the molecule is CN1C(=O)CC(NC2(C)CCCOC2)C1=O. The molecule has 2 atom stereocenters. The third-order valence-corrected chi connectivity index (χ3v) is 3.34. The fourth-order valence-corrected chi connectivity index (χ4v) is 2.34. The van der Waals surface area contributed by atoms with E-state index in [4.69, 9.17) is 4.74 Å². The molecule has 16 heavy (non-hydrogen) atoms. The number of hydrogen-bond donors (Lipinski definition) is 1. The Bertz CT molecular complexity index is 310. The summed E-state index contributed by atoms with van der Waals surface area (Å²) in [7, 11) is 1.53. The lowest BCUT2D eigenvalue weighted by Crippen LogP contribution is -2.55. The fourth-order valence-electron chi connectivity index (χ4n) is 2.34. The standard InChI is InChI=1S/C11H18N2O3/c1-11(4-3-5-16-7-11)12-8-6-9(14)13(2)10(8)15/h8,12H,3-7H2,1-2H3. The van der Waals surface area contributed by atoms with Crippen molar-refractivity contribution in [3.05, 3.63) is 0 Å². The average Bonchev–Trinajstić information content (AvgIpc) is 2.47. The third kappa shape index (κ3) is 2.10. The summed E-state index contributed by atoms with van der Waals surface area (Å²) in [6, 6.07) is -0.371. The Kier molecular flexibility index (Phi) is 2.99. The van der Waals surface area contributed by atoms with Crippen LogP contribution in [0.1, 0.15) is 26.2 Å². The van der Waals surface area contributed by atoms with Crippen LogP contribution in [0.2, 0.25) is 0 Å². The monoisotopic (exact) mass is 226 g/mol. The van der Waals surface area contributed by atoms with Gasteiger partial charge in [0.05, 0.1) is 19.1 Å². The molecule has 0 radical (unpaired) electrons. The number of amides is 2. The number of ether oxygens (including phenoxy) is 1. The molecule has 2 saturated heterocycles. The second-order valence-electron chi connectivity index (χ2n) is 4.91. The Hall–Kier alpha value is -0.940. The molecule has 2 rings (SSSR count). The maximum atomic E-state index is 11.7. The van der Waals surface area contributed by atoms with Gasteiger partial charge in [-0.3, -0.25) is 19.8 Å². The van der Waals surface area contributed by atoms with Gasteiger partial charge in [-0.05, 0) is 19.8 Å². The maximum absolute atomic E-state index is 11.7. The van der Waals surface area contributed by atoms with Crippen LogP contribution in [0.25, 0.3) is 0 Å². The molecule has 0 aromatic carbocycles. The number of nitrogens with zero attached hydrogens (tertiary/aromatic N) is 1. The van der Waals surface area contributed by atoms with Gasteiger partial charge in [0.2, 0.25) is 11.8 Å². The minimum absolute atomic E-state index is 0.108. The number of carbonyl (C=O) groups excluding carboxylic acids is 2. The van der Waals surface area contributed by atoms with Crippen molar-refractivity contribution >= 4 is 11.8 Å². The smallest absolute Gasteiger partial charge is 0.246 e. The predicted molar refractivity (Wildman–Crippen MR) is 57.8 cm³/mol. The van der Waals surface area contributed by atoms with E-state index >= 15 is 0 Å². The van der Waals surface area contributed by atoms with E-state index in [9.17, 15) is 9.59 Å². The second kappa shape index (κ2) is 4.14. The Morgan fingerprint density at radius 3 is 2.75 bits per heavy atom. The Labute approximate surface area is 95.1 Å². The molecule has 2 amide bonds. The first kappa shape index (κ1) is 11.5. The molecule has 2 unspecified atom stereocenters. The van der Waals surface area contributed by atoms with Gasteiger partial charge in [-0.25, -0.2) is 0 Å². The van der Waals surface area contributed by atoms with Gasteiger partial charge in [0.15, 0.2) is 0 Å². The topological polar surface area (TPSA) is 58.6 Å². The highest BCUT2D eigenvalue weighted by Crippen LogP contribution is 2.22. The number of likely N-dealkylation sites (tertiary alicyclic amines) is 1. The number of hydrogen-bond acceptors (Lipinski definition) is 4. The fraction of sp³-hybridized carbons (Fsp3) is 0.818. The Balaban J connectivity index is 1.99. The van der Waals surface area contributed by atoms with Crippen LogP contribution < -0.4 is 5.32 Å². The highest BCUT2D eigenvalue weighted by atomic mass is 16.5. The van der Waals surface area contributed by atoms with E-state index in [0.717, 1.165) is 19.4 Å². The van der Waals surface area contributed by atoms with Crippen molar-refractivity contribution in [2.75, 3.05) is 20.3 Å². The van der Waals surface area contributed by atoms with Gasteiger partial charge in [-0.15, -0.1) is 0 Å². The van der Waals surface area contributed by atoms with Crippen molar-refractivity contribution < 1.29 is 14.3 Å². The summed E-state index contributed by atoms with van der Waals surface area (Å²) in [6.07, 6.45) is 2.24. The zero-order valence-corrected chi connectivity index (χ0v) is 9.78. The van der Waals surface area contributed by atoms with Crippen LogP contribution in [0.4, 0.5) is 0 Å². The number of nitrogens with one attached hydrogen (secondary N) is 1. The summed E-state index contributed by atoms with van der Waals surface area (Å²) in [5.41, 5.74) is -0.177. The highest BCUT2D eigenvalue weighted by Gasteiger charge is 2.40. The van der Waals surface area contributed by atoms with Crippen LogP contribution in [0, 0.1) is 0 Å². The molecule has 0 aromatic rings. The molecule has 5 nitrogen and oxygen atoms in total. The average molecular weight is 226 g/mol. The van der Waals surface area contributed by atoms with Crippen molar-refractivity contribution in [3.63, 3.8) is 0 Å². The minimum atomic E-state index is -0.371.